The highest BCUT2D eigenvalue weighted by atomic mass is 19.1. The maximum atomic E-state index is 13.8. The van der Waals surface area contributed by atoms with Gasteiger partial charge in [0.15, 0.2) is 0 Å². The van der Waals surface area contributed by atoms with Crippen molar-refractivity contribution in [3.05, 3.63) is 65.0 Å². The van der Waals surface area contributed by atoms with Gasteiger partial charge in [0.25, 0.3) is 11.8 Å². The number of carbonyl (C=O) groups is 2. The summed E-state index contributed by atoms with van der Waals surface area (Å²) in [5, 5.41) is 14.3. The van der Waals surface area contributed by atoms with E-state index in [9.17, 15) is 14.0 Å². The lowest BCUT2D eigenvalue weighted by atomic mass is 10.1. The monoisotopic (exact) mass is 330 g/mol. The first-order chi connectivity index (χ1) is 11.4. The molecule has 1 atom stereocenters. The minimum Gasteiger partial charge on any atom is -0.394 e. The SMILES string of the molecule is Cc1cccc(C(=O)NC(C)CO)c1NC(=O)c1ccccc1F. The molecule has 3 N–H and O–H groups in total. The van der Waals surface area contributed by atoms with E-state index in [1.54, 1.807) is 38.1 Å². The van der Waals surface area contributed by atoms with E-state index in [2.05, 4.69) is 10.6 Å². The van der Waals surface area contributed by atoms with E-state index < -0.39 is 23.7 Å². The Labute approximate surface area is 139 Å². The van der Waals surface area contributed by atoms with Gasteiger partial charge < -0.3 is 15.7 Å². The molecule has 0 heterocycles. The van der Waals surface area contributed by atoms with Crippen molar-refractivity contribution in [1.82, 2.24) is 5.32 Å². The number of carbonyl (C=O) groups excluding carboxylic acids is 2. The van der Waals surface area contributed by atoms with Gasteiger partial charge in [-0.05, 0) is 37.6 Å². The van der Waals surface area contributed by atoms with Crippen molar-refractivity contribution >= 4 is 17.5 Å². The van der Waals surface area contributed by atoms with Crippen LogP contribution in [0.3, 0.4) is 0 Å². The van der Waals surface area contributed by atoms with Gasteiger partial charge in [-0.3, -0.25) is 9.59 Å². The Hall–Kier alpha value is -2.73. The fourth-order valence-corrected chi connectivity index (χ4v) is 2.20. The second kappa shape index (κ2) is 7.70. The Morgan fingerprint density at radius 1 is 1.08 bits per heavy atom. The zero-order valence-corrected chi connectivity index (χ0v) is 13.5. The summed E-state index contributed by atoms with van der Waals surface area (Å²) in [6.45, 7) is 3.20. The summed E-state index contributed by atoms with van der Waals surface area (Å²) in [6.07, 6.45) is 0. The third-order valence-electron chi connectivity index (χ3n) is 3.53. The Morgan fingerprint density at radius 2 is 1.75 bits per heavy atom. The number of benzene rings is 2. The van der Waals surface area contributed by atoms with Gasteiger partial charge in [0.2, 0.25) is 0 Å². The molecule has 2 amide bonds. The molecule has 2 rings (SSSR count). The van der Waals surface area contributed by atoms with E-state index in [1.807, 2.05) is 0 Å². The third kappa shape index (κ3) is 3.97. The molecule has 24 heavy (non-hydrogen) atoms. The highest BCUT2D eigenvalue weighted by molar-refractivity contribution is 6.09. The molecule has 0 saturated carbocycles. The average molecular weight is 330 g/mol. The minimum absolute atomic E-state index is 0.101. The van der Waals surface area contributed by atoms with Crippen LogP contribution in [0.4, 0.5) is 10.1 Å². The van der Waals surface area contributed by atoms with Crippen molar-refractivity contribution in [1.29, 1.82) is 0 Å². The third-order valence-corrected chi connectivity index (χ3v) is 3.53. The van der Waals surface area contributed by atoms with Gasteiger partial charge in [0, 0.05) is 6.04 Å². The number of rotatable bonds is 5. The first kappa shape index (κ1) is 17.6. The van der Waals surface area contributed by atoms with E-state index in [0.29, 0.717) is 11.3 Å². The van der Waals surface area contributed by atoms with Crippen LogP contribution in [0.15, 0.2) is 42.5 Å². The van der Waals surface area contributed by atoms with E-state index >= 15 is 0 Å². The standard InChI is InChI=1S/C18H19FN2O3/c1-11-6-5-8-14(18(24)20-12(2)10-22)16(11)21-17(23)13-7-3-4-9-15(13)19/h3-9,12,22H,10H2,1-2H3,(H,20,24)(H,21,23). The minimum atomic E-state index is -0.636. The topological polar surface area (TPSA) is 78.4 Å². The highest BCUT2D eigenvalue weighted by Crippen LogP contribution is 2.22. The molecule has 0 aromatic heterocycles. The molecule has 0 aliphatic rings. The Bertz CT molecular complexity index is 762. The van der Waals surface area contributed by atoms with Crippen molar-refractivity contribution in [2.45, 2.75) is 19.9 Å². The van der Waals surface area contributed by atoms with Gasteiger partial charge >= 0.3 is 0 Å². The number of aliphatic hydroxyl groups is 1. The quantitative estimate of drug-likeness (QED) is 0.788. The summed E-state index contributed by atoms with van der Waals surface area (Å²) in [4.78, 5) is 24.6. The van der Waals surface area contributed by atoms with Crippen LogP contribution in [0, 0.1) is 12.7 Å². The van der Waals surface area contributed by atoms with Crippen LogP contribution < -0.4 is 10.6 Å². The molecule has 5 nitrogen and oxygen atoms in total. The molecule has 0 saturated heterocycles. The lowest BCUT2D eigenvalue weighted by Crippen LogP contribution is -2.35. The summed E-state index contributed by atoms with van der Waals surface area (Å²) < 4.78 is 13.8. The summed E-state index contributed by atoms with van der Waals surface area (Å²) >= 11 is 0. The molecule has 0 spiro atoms. The molecule has 6 heteroatoms. The maximum absolute atomic E-state index is 13.8. The first-order valence-corrected chi connectivity index (χ1v) is 7.51. The Morgan fingerprint density at radius 3 is 2.42 bits per heavy atom. The number of hydrogen-bond donors (Lipinski definition) is 3. The van der Waals surface area contributed by atoms with Crippen LogP contribution in [-0.4, -0.2) is 29.6 Å². The van der Waals surface area contributed by atoms with Crippen LogP contribution in [0.25, 0.3) is 0 Å². The molecule has 0 aliphatic carbocycles. The summed E-state index contributed by atoms with van der Waals surface area (Å²) in [5.41, 5.74) is 1.13. The van der Waals surface area contributed by atoms with Crippen molar-refractivity contribution < 1.29 is 19.1 Å². The normalized spacial score (nSPS) is 11.7. The number of para-hydroxylation sites is 1. The number of amides is 2. The number of aryl methyl sites for hydroxylation is 1. The van der Waals surface area contributed by atoms with E-state index in [-0.39, 0.29) is 17.7 Å². The summed E-state index contributed by atoms with van der Waals surface area (Å²) in [5.74, 6) is -1.70. The number of anilines is 1. The number of nitrogens with one attached hydrogen (secondary N) is 2. The van der Waals surface area contributed by atoms with Crippen LogP contribution in [0.5, 0.6) is 0 Å². The number of halogens is 1. The van der Waals surface area contributed by atoms with Crippen LogP contribution in [-0.2, 0) is 0 Å². The molecule has 0 fully saturated rings. The Kier molecular flexibility index (Phi) is 5.65. The van der Waals surface area contributed by atoms with E-state index in [4.69, 9.17) is 5.11 Å². The smallest absolute Gasteiger partial charge is 0.258 e. The lowest BCUT2D eigenvalue weighted by molar-refractivity contribution is 0.0923. The zero-order chi connectivity index (χ0) is 17.7. The average Bonchev–Trinajstić information content (AvgIpc) is 2.56. The van der Waals surface area contributed by atoms with Gasteiger partial charge in [-0.2, -0.15) is 0 Å². The molecule has 0 bridgehead atoms. The number of hydrogen-bond acceptors (Lipinski definition) is 3. The van der Waals surface area contributed by atoms with Crippen LogP contribution in [0.1, 0.15) is 33.2 Å². The predicted octanol–water partition coefficient (Wildman–Crippen LogP) is 2.50. The molecule has 2 aromatic carbocycles. The highest BCUT2D eigenvalue weighted by Gasteiger charge is 2.18. The second-order valence-corrected chi connectivity index (χ2v) is 5.49. The van der Waals surface area contributed by atoms with E-state index in [0.717, 1.165) is 0 Å². The van der Waals surface area contributed by atoms with Crippen molar-refractivity contribution in [3.63, 3.8) is 0 Å². The number of aliphatic hydroxyl groups excluding tert-OH is 1. The lowest BCUT2D eigenvalue weighted by Gasteiger charge is -2.16. The molecule has 126 valence electrons. The van der Waals surface area contributed by atoms with Crippen molar-refractivity contribution in [2.24, 2.45) is 0 Å². The van der Waals surface area contributed by atoms with Gasteiger partial charge in [-0.1, -0.05) is 24.3 Å². The molecule has 2 aromatic rings. The van der Waals surface area contributed by atoms with Crippen LogP contribution in [0.2, 0.25) is 0 Å². The van der Waals surface area contributed by atoms with Gasteiger partial charge in [0.1, 0.15) is 5.82 Å². The first-order valence-electron chi connectivity index (χ1n) is 7.51. The van der Waals surface area contributed by atoms with Gasteiger partial charge in [-0.25, -0.2) is 4.39 Å². The summed E-state index contributed by atoms with van der Waals surface area (Å²) in [7, 11) is 0. The fraction of sp³-hybridized carbons (Fsp3) is 0.222. The van der Waals surface area contributed by atoms with Crippen molar-refractivity contribution in [3.8, 4) is 0 Å². The fourth-order valence-electron chi connectivity index (χ4n) is 2.20. The predicted molar refractivity (Wildman–Crippen MR) is 89.5 cm³/mol. The molecular weight excluding hydrogens is 311 g/mol. The second-order valence-electron chi connectivity index (χ2n) is 5.49. The molecule has 0 radical (unpaired) electrons. The largest absolute Gasteiger partial charge is 0.394 e. The van der Waals surface area contributed by atoms with Gasteiger partial charge in [0.05, 0.1) is 23.4 Å². The molecule has 1 unspecified atom stereocenters. The van der Waals surface area contributed by atoms with Crippen LogP contribution >= 0.6 is 0 Å². The maximum Gasteiger partial charge on any atom is 0.258 e. The molecular formula is C18H19FN2O3. The zero-order valence-electron chi connectivity index (χ0n) is 13.5. The molecule has 0 aliphatic heterocycles. The Balaban J connectivity index is 2.32. The van der Waals surface area contributed by atoms with Gasteiger partial charge in [-0.15, -0.1) is 0 Å². The van der Waals surface area contributed by atoms with Crippen molar-refractivity contribution in [2.75, 3.05) is 11.9 Å². The van der Waals surface area contributed by atoms with E-state index in [1.165, 1.54) is 18.2 Å². The summed E-state index contributed by atoms with van der Waals surface area (Å²) in [6, 6.07) is 10.2.